The maximum absolute atomic E-state index is 5.48. The Kier molecular flexibility index (Phi) is 4.52. The Morgan fingerprint density at radius 2 is 2.16 bits per heavy atom. The number of aryl methyl sites for hydroxylation is 2. The Hall–Kier alpha value is -1.88. The van der Waals surface area contributed by atoms with Crippen molar-refractivity contribution in [2.24, 2.45) is 5.73 Å². The molecule has 1 aromatic heterocycles. The highest BCUT2D eigenvalue weighted by molar-refractivity contribution is 5.43. The summed E-state index contributed by atoms with van der Waals surface area (Å²) in [4.78, 5) is 0. The molecule has 0 radical (unpaired) electrons. The number of nitrogens with zero attached hydrogens (tertiary/aromatic N) is 3. The molecule has 2 N–H and O–H groups in total. The lowest BCUT2D eigenvalue weighted by Gasteiger charge is -2.06. The van der Waals surface area contributed by atoms with E-state index in [1.54, 1.807) is 11.8 Å². The number of unbranched alkanes of at least 4 members (excludes halogenated alkanes) is 1. The number of benzene rings is 1. The van der Waals surface area contributed by atoms with Crippen molar-refractivity contribution in [3.63, 3.8) is 0 Å². The zero-order valence-corrected chi connectivity index (χ0v) is 11.5. The number of rotatable bonds is 6. The molecule has 19 heavy (non-hydrogen) atoms. The van der Waals surface area contributed by atoms with Crippen LogP contribution in [-0.4, -0.2) is 28.6 Å². The first-order chi connectivity index (χ1) is 9.24. The minimum Gasteiger partial charge on any atom is -0.496 e. The van der Waals surface area contributed by atoms with Gasteiger partial charge in [-0.05, 0) is 56.5 Å². The van der Waals surface area contributed by atoms with Crippen molar-refractivity contribution in [3.8, 4) is 11.4 Å². The summed E-state index contributed by atoms with van der Waals surface area (Å²) in [5.74, 6) is 0.882. The predicted octanol–water partition coefficient (Wildman–Crippen LogP) is 1.87. The molecule has 1 heterocycles. The summed E-state index contributed by atoms with van der Waals surface area (Å²) < 4.78 is 7.05. The number of ether oxygens (including phenoxy) is 1. The van der Waals surface area contributed by atoms with Crippen LogP contribution in [0.25, 0.3) is 5.69 Å². The molecule has 0 aliphatic rings. The van der Waals surface area contributed by atoms with Crippen molar-refractivity contribution in [2.45, 2.75) is 26.2 Å². The second kappa shape index (κ2) is 6.33. The van der Waals surface area contributed by atoms with E-state index < -0.39 is 0 Å². The van der Waals surface area contributed by atoms with E-state index in [0.717, 1.165) is 48.5 Å². The van der Waals surface area contributed by atoms with E-state index in [2.05, 4.69) is 10.3 Å². The molecule has 0 aliphatic carbocycles. The van der Waals surface area contributed by atoms with Crippen LogP contribution < -0.4 is 10.5 Å². The van der Waals surface area contributed by atoms with Gasteiger partial charge in [0.05, 0.1) is 24.7 Å². The topological polar surface area (TPSA) is 66.0 Å². The highest BCUT2D eigenvalue weighted by Gasteiger charge is 2.05. The first kappa shape index (κ1) is 13.5. The summed E-state index contributed by atoms with van der Waals surface area (Å²) in [6, 6.07) is 5.96. The van der Waals surface area contributed by atoms with Gasteiger partial charge in [-0.1, -0.05) is 5.21 Å². The van der Waals surface area contributed by atoms with Crippen LogP contribution in [0.15, 0.2) is 24.4 Å². The highest BCUT2D eigenvalue weighted by atomic mass is 16.5. The molecule has 0 spiro atoms. The van der Waals surface area contributed by atoms with Crippen molar-refractivity contribution < 1.29 is 4.74 Å². The first-order valence-corrected chi connectivity index (χ1v) is 6.51. The minimum atomic E-state index is 0.728. The minimum absolute atomic E-state index is 0.728. The van der Waals surface area contributed by atoms with E-state index in [4.69, 9.17) is 10.5 Å². The molecule has 2 rings (SSSR count). The lowest BCUT2D eigenvalue weighted by Crippen LogP contribution is -1.99. The number of hydrogen-bond donors (Lipinski definition) is 1. The normalized spacial score (nSPS) is 10.7. The van der Waals surface area contributed by atoms with E-state index in [-0.39, 0.29) is 0 Å². The van der Waals surface area contributed by atoms with Crippen LogP contribution in [0.4, 0.5) is 0 Å². The third-order valence-electron chi connectivity index (χ3n) is 3.07. The fourth-order valence-electron chi connectivity index (χ4n) is 1.99. The van der Waals surface area contributed by atoms with Crippen molar-refractivity contribution >= 4 is 0 Å². The van der Waals surface area contributed by atoms with Gasteiger partial charge in [-0.25, -0.2) is 4.68 Å². The fourth-order valence-corrected chi connectivity index (χ4v) is 1.99. The van der Waals surface area contributed by atoms with E-state index in [1.807, 2.05) is 31.3 Å². The van der Waals surface area contributed by atoms with Crippen LogP contribution in [0.2, 0.25) is 0 Å². The number of methoxy groups -OCH3 is 1. The molecule has 102 valence electrons. The van der Waals surface area contributed by atoms with Gasteiger partial charge >= 0.3 is 0 Å². The Morgan fingerprint density at radius 1 is 1.32 bits per heavy atom. The highest BCUT2D eigenvalue weighted by Crippen LogP contribution is 2.20. The third kappa shape index (κ3) is 3.32. The van der Waals surface area contributed by atoms with Gasteiger partial charge in [0, 0.05) is 0 Å². The van der Waals surface area contributed by atoms with Gasteiger partial charge in [0.25, 0.3) is 0 Å². The molecule has 1 aromatic carbocycles. The van der Waals surface area contributed by atoms with Gasteiger partial charge < -0.3 is 10.5 Å². The number of aromatic nitrogens is 3. The molecule has 5 nitrogen and oxygen atoms in total. The van der Waals surface area contributed by atoms with Crippen molar-refractivity contribution in [2.75, 3.05) is 13.7 Å². The van der Waals surface area contributed by atoms with Gasteiger partial charge in [-0.15, -0.1) is 5.10 Å². The van der Waals surface area contributed by atoms with Crippen molar-refractivity contribution in [3.05, 3.63) is 35.7 Å². The molecule has 0 bridgehead atoms. The second-order valence-corrected chi connectivity index (χ2v) is 4.55. The lowest BCUT2D eigenvalue weighted by molar-refractivity contribution is 0.411. The Balaban J connectivity index is 2.11. The summed E-state index contributed by atoms with van der Waals surface area (Å²) in [5.41, 5.74) is 8.56. The van der Waals surface area contributed by atoms with Crippen molar-refractivity contribution in [1.29, 1.82) is 0 Å². The summed E-state index contributed by atoms with van der Waals surface area (Å²) in [5, 5.41) is 8.33. The summed E-state index contributed by atoms with van der Waals surface area (Å²) in [6.45, 7) is 2.74. The van der Waals surface area contributed by atoms with E-state index in [0.29, 0.717) is 0 Å². The number of nitrogens with two attached hydrogens (primary N) is 1. The molecule has 5 heteroatoms. The third-order valence-corrected chi connectivity index (χ3v) is 3.07. The summed E-state index contributed by atoms with van der Waals surface area (Å²) in [6.07, 6.45) is 4.97. The average molecular weight is 260 g/mol. The second-order valence-electron chi connectivity index (χ2n) is 4.55. The zero-order chi connectivity index (χ0) is 13.7. The molecular weight excluding hydrogens is 240 g/mol. The fraction of sp³-hybridized carbons (Fsp3) is 0.429. The summed E-state index contributed by atoms with van der Waals surface area (Å²) >= 11 is 0. The molecular formula is C14H20N4O. The van der Waals surface area contributed by atoms with Crippen LogP contribution in [-0.2, 0) is 6.42 Å². The van der Waals surface area contributed by atoms with E-state index in [9.17, 15) is 0 Å². The van der Waals surface area contributed by atoms with Crippen LogP contribution in [0, 0.1) is 6.92 Å². The molecule has 0 fully saturated rings. The average Bonchev–Trinajstić information content (AvgIpc) is 2.88. The summed E-state index contributed by atoms with van der Waals surface area (Å²) in [7, 11) is 1.67. The van der Waals surface area contributed by atoms with Gasteiger partial charge in [-0.3, -0.25) is 0 Å². The monoisotopic (exact) mass is 260 g/mol. The molecule has 2 aromatic rings. The Bertz CT molecular complexity index is 536. The maximum Gasteiger partial charge on any atom is 0.121 e. The van der Waals surface area contributed by atoms with Gasteiger partial charge in [0.15, 0.2) is 0 Å². The quantitative estimate of drug-likeness (QED) is 0.805. The largest absolute Gasteiger partial charge is 0.496 e. The molecule has 0 aliphatic heterocycles. The molecule has 0 unspecified atom stereocenters. The Labute approximate surface area is 113 Å². The van der Waals surface area contributed by atoms with E-state index in [1.165, 1.54) is 0 Å². The van der Waals surface area contributed by atoms with Gasteiger partial charge in [0.2, 0.25) is 0 Å². The zero-order valence-electron chi connectivity index (χ0n) is 11.5. The van der Waals surface area contributed by atoms with E-state index >= 15 is 0 Å². The van der Waals surface area contributed by atoms with Crippen molar-refractivity contribution in [1.82, 2.24) is 15.0 Å². The molecule has 0 saturated carbocycles. The predicted molar refractivity (Wildman–Crippen MR) is 74.6 cm³/mol. The van der Waals surface area contributed by atoms with Crippen LogP contribution >= 0.6 is 0 Å². The van der Waals surface area contributed by atoms with Gasteiger partial charge in [-0.2, -0.15) is 0 Å². The van der Waals surface area contributed by atoms with Crippen LogP contribution in [0.5, 0.6) is 5.75 Å². The van der Waals surface area contributed by atoms with Crippen LogP contribution in [0.1, 0.15) is 24.1 Å². The first-order valence-electron chi connectivity index (χ1n) is 6.51. The van der Waals surface area contributed by atoms with Crippen LogP contribution in [0.3, 0.4) is 0 Å². The number of hydrogen-bond acceptors (Lipinski definition) is 4. The van der Waals surface area contributed by atoms with Gasteiger partial charge in [0.1, 0.15) is 5.75 Å². The Morgan fingerprint density at radius 3 is 2.84 bits per heavy atom. The molecule has 0 amide bonds. The maximum atomic E-state index is 5.48. The smallest absolute Gasteiger partial charge is 0.121 e. The lowest BCUT2D eigenvalue weighted by atomic mass is 10.2. The standard InChI is InChI=1S/C14H20N4O/c1-11-9-13(6-7-14(11)19-2)18-10-12(16-17-18)5-3-4-8-15/h6-7,9-10H,3-5,8,15H2,1-2H3. The SMILES string of the molecule is COc1ccc(-n2cc(CCCCN)nn2)cc1C. The molecule has 0 saturated heterocycles. The molecule has 0 atom stereocenters.